The van der Waals surface area contributed by atoms with Crippen LogP contribution in [0.1, 0.15) is 57.8 Å². The Morgan fingerprint density at radius 2 is 1.86 bits per heavy atom. The minimum atomic E-state index is -1.15. The van der Waals surface area contributed by atoms with Gasteiger partial charge < -0.3 is 28.5 Å². The lowest BCUT2D eigenvalue weighted by Gasteiger charge is -2.25. The van der Waals surface area contributed by atoms with Crippen LogP contribution < -0.4 is 19.1 Å². The van der Waals surface area contributed by atoms with E-state index in [0.29, 0.717) is 52.7 Å². The number of ketones is 1. The number of aliphatic hydroxyl groups excluding tert-OH is 1. The van der Waals surface area contributed by atoms with E-state index in [2.05, 4.69) is 4.98 Å². The molecule has 2 aromatic heterocycles. The van der Waals surface area contributed by atoms with Gasteiger partial charge in [-0.3, -0.25) is 14.5 Å². The summed E-state index contributed by atoms with van der Waals surface area (Å²) in [4.78, 5) is 46.0. The number of carbonyl (C=O) groups is 3. The predicted octanol–water partition coefficient (Wildman–Crippen LogP) is 5.96. The molecule has 43 heavy (non-hydrogen) atoms. The number of hydrogen-bond donors (Lipinski definition) is 1. The number of furan rings is 1. The van der Waals surface area contributed by atoms with Crippen molar-refractivity contribution in [1.29, 1.82) is 0 Å². The molecule has 4 aromatic rings. The van der Waals surface area contributed by atoms with Crippen LogP contribution in [0.3, 0.4) is 0 Å². The maximum absolute atomic E-state index is 14.1. The van der Waals surface area contributed by atoms with Crippen LogP contribution in [0, 0.1) is 6.92 Å². The average molecular weight is 607 g/mol. The number of fused-ring (bicyclic) bond motifs is 1. The van der Waals surface area contributed by atoms with E-state index in [1.54, 1.807) is 43.3 Å². The molecule has 1 amide bonds. The Morgan fingerprint density at radius 3 is 2.56 bits per heavy atom. The lowest BCUT2D eigenvalue weighted by atomic mass is 9.95. The van der Waals surface area contributed by atoms with Crippen molar-refractivity contribution in [3.63, 3.8) is 0 Å². The molecular formula is C31H30N2O9S. The van der Waals surface area contributed by atoms with Crippen LogP contribution in [0.15, 0.2) is 58.2 Å². The Labute approximate surface area is 251 Å². The molecule has 224 valence electrons. The number of benzene rings is 2. The number of aryl methyl sites for hydroxylation is 1. The Kier molecular flexibility index (Phi) is 8.40. The van der Waals surface area contributed by atoms with E-state index >= 15 is 0 Å². The third-order valence-corrected chi connectivity index (χ3v) is 7.95. The fourth-order valence-corrected chi connectivity index (χ4v) is 5.87. The lowest BCUT2D eigenvalue weighted by Crippen LogP contribution is -2.31. The second-order valence-corrected chi connectivity index (χ2v) is 10.5. The summed E-state index contributed by atoms with van der Waals surface area (Å²) in [5.74, 6) is -1.74. The van der Waals surface area contributed by atoms with Crippen LogP contribution in [0.2, 0.25) is 0 Å². The summed E-state index contributed by atoms with van der Waals surface area (Å²) in [5, 5.41) is 11.9. The fourth-order valence-electron chi connectivity index (χ4n) is 4.85. The van der Waals surface area contributed by atoms with Crippen molar-refractivity contribution >= 4 is 45.1 Å². The summed E-state index contributed by atoms with van der Waals surface area (Å²) in [6.07, 6.45) is 0.779. The number of Topliss-reactive ketones (excluding diaryl/α,β-unsaturated/α-hetero) is 1. The molecule has 1 aliphatic rings. The zero-order valence-corrected chi connectivity index (χ0v) is 25.1. The van der Waals surface area contributed by atoms with E-state index in [4.69, 9.17) is 23.4 Å². The molecule has 12 heteroatoms. The molecule has 5 rings (SSSR count). The van der Waals surface area contributed by atoms with E-state index in [-0.39, 0.29) is 21.3 Å². The number of methoxy groups -OCH3 is 2. The highest BCUT2D eigenvalue weighted by atomic mass is 32.1. The van der Waals surface area contributed by atoms with Gasteiger partial charge in [0.05, 0.1) is 44.7 Å². The Bertz CT molecular complexity index is 1750. The largest absolute Gasteiger partial charge is 0.503 e. The molecule has 1 unspecified atom stereocenters. The van der Waals surface area contributed by atoms with Crippen LogP contribution in [-0.4, -0.2) is 55.2 Å². The summed E-state index contributed by atoms with van der Waals surface area (Å²) in [5.41, 5.74) is 0.898. The van der Waals surface area contributed by atoms with Crippen LogP contribution >= 0.6 is 11.3 Å². The number of para-hydroxylation sites is 1. The zero-order valence-electron chi connectivity index (χ0n) is 24.3. The summed E-state index contributed by atoms with van der Waals surface area (Å²) in [7, 11) is 2.73. The molecule has 0 saturated carbocycles. The van der Waals surface area contributed by atoms with Crippen molar-refractivity contribution in [2.24, 2.45) is 0 Å². The molecule has 2 aromatic carbocycles. The molecule has 1 N–H and O–H groups in total. The summed E-state index contributed by atoms with van der Waals surface area (Å²) >= 11 is 0.915. The van der Waals surface area contributed by atoms with Gasteiger partial charge in [0, 0.05) is 5.39 Å². The highest BCUT2D eigenvalue weighted by molar-refractivity contribution is 7.17. The van der Waals surface area contributed by atoms with Gasteiger partial charge in [0.1, 0.15) is 4.88 Å². The van der Waals surface area contributed by atoms with E-state index in [1.165, 1.54) is 25.2 Å². The molecule has 11 nitrogen and oxygen atoms in total. The van der Waals surface area contributed by atoms with E-state index in [9.17, 15) is 19.5 Å². The van der Waals surface area contributed by atoms with Gasteiger partial charge in [-0.05, 0) is 50.1 Å². The summed E-state index contributed by atoms with van der Waals surface area (Å²) in [6.45, 7) is 6.21. The number of amides is 1. The highest BCUT2D eigenvalue weighted by Gasteiger charge is 2.47. The molecular weight excluding hydrogens is 576 g/mol. The quantitative estimate of drug-likeness (QED) is 0.161. The number of esters is 1. The number of aromatic nitrogens is 1. The van der Waals surface area contributed by atoms with Crippen LogP contribution in [-0.2, 0) is 9.53 Å². The first-order chi connectivity index (χ1) is 20.7. The minimum absolute atomic E-state index is 0.0952. The highest BCUT2D eigenvalue weighted by Crippen LogP contribution is 2.46. The maximum atomic E-state index is 14.1. The average Bonchev–Trinajstić information content (AvgIpc) is 3.69. The van der Waals surface area contributed by atoms with Gasteiger partial charge in [-0.25, -0.2) is 9.78 Å². The number of anilines is 1. The molecule has 1 aliphatic heterocycles. The van der Waals surface area contributed by atoms with Crippen LogP contribution in [0.25, 0.3) is 11.0 Å². The maximum Gasteiger partial charge on any atom is 0.350 e. The van der Waals surface area contributed by atoms with E-state index < -0.39 is 29.5 Å². The van der Waals surface area contributed by atoms with Gasteiger partial charge in [0.2, 0.25) is 5.78 Å². The first-order valence-corrected chi connectivity index (χ1v) is 14.4. The Morgan fingerprint density at radius 1 is 1.07 bits per heavy atom. The fraction of sp³-hybridized carbons (Fsp3) is 0.290. The smallest absolute Gasteiger partial charge is 0.350 e. The Balaban J connectivity index is 1.67. The van der Waals surface area contributed by atoms with Crippen molar-refractivity contribution < 1.29 is 42.9 Å². The number of rotatable bonds is 11. The molecule has 0 fully saturated rings. The van der Waals surface area contributed by atoms with E-state index in [0.717, 1.165) is 17.8 Å². The first-order valence-electron chi connectivity index (χ1n) is 13.6. The van der Waals surface area contributed by atoms with Crippen molar-refractivity contribution in [3.05, 3.63) is 75.7 Å². The van der Waals surface area contributed by atoms with Gasteiger partial charge in [0.15, 0.2) is 39.5 Å². The molecule has 3 heterocycles. The molecule has 0 aliphatic carbocycles. The predicted molar refractivity (Wildman–Crippen MR) is 159 cm³/mol. The minimum Gasteiger partial charge on any atom is -0.503 e. The van der Waals surface area contributed by atoms with Gasteiger partial charge in [-0.2, -0.15) is 0 Å². The number of carbonyl (C=O) groups excluding carboxylic acids is 3. The third kappa shape index (κ3) is 5.29. The lowest BCUT2D eigenvalue weighted by molar-refractivity contribution is -0.117. The van der Waals surface area contributed by atoms with Crippen molar-refractivity contribution in [3.8, 4) is 17.2 Å². The number of ether oxygens (including phenoxy) is 4. The number of aliphatic hydroxyl groups is 1. The SMILES string of the molecule is CCCOc1ccc(C2C(C(=O)c3cc4cccc(OC)c4o3)=C(O)C(=O)N2c2nc(C)c(C(=O)OC)s2)cc1OCC. The standard InChI is InChI=1S/C31H30N2O9S/c1-6-13-41-19-12-11-17(14-21(19)40-7-2)24-23(25(34)22-15-18-9-8-10-20(38-4)27(18)42-22)26(35)29(36)33(24)31-32-16(3)28(43-31)30(37)39-5/h8-12,14-15,24,35H,6-7,13H2,1-5H3. The van der Waals surface area contributed by atoms with Gasteiger partial charge in [0.25, 0.3) is 5.91 Å². The Hall–Kier alpha value is -4.84. The van der Waals surface area contributed by atoms with Gasteiger partial charge in [-0.1, -0.05) is 36.5 Å². The first kappa shape index (κ1) is 29.6. The summed E-state index contributed by atoms with van der Waals surface area (Å²) < 4.78 is 27.8. The molecule has 0 bridgehead atoms. The number of nitrogens with zero attached hydrogens (tertiary/aromatic N) is 2. The molecule has 0 radical (unpaired) electrons. The van der Waals surface area contributed by atoms with Gasteiger partial charge in [-0.15, -0.1) is 0 Å². The topological polar surface area (TPSA) is 138 Å². The molecule has 0 saturated heterocycles. The van der Waals surface area contributed by atoms with Crippen LogP contribution in [0.5, 0.6) is 17.2 Å². The van der Waals surface area contributed by atoms with Crippen molar-refractivity contribution in [1.82, 2.24) is 4.98 Å². The molecule has 0 spiro atoms. The zero-order chi connectivity index (χ0) is 30.8. The second kappa shape index (κ2) is 12.2. The second-order valence-electron chi connectivity index (χ2n) is 9.55. The number of thiazole rings is 1. The van der Waals surface area contributed by atoms with Crippen molar-refractivity contribution in [2.75, 3.05) is 32.3 Å². The molecule has 1 atom stereocenters. The monoisotopic (exact) mass is 606 g/mol. The summed E-state index contributed by atoms with van der Waals surface area (Å²) in [6, 6.07) is 10.6. The third-order valence-electron chi connectivity index (χ3n) is 6.81. The van der Waals surface area contributed by atoms with E-state index in [1.807, 2.05) is 13.8 Å². The van der Waals surface area contributed by atoms with Crippen molar-refractivity contribution in [2.45, 2.75) is 33.2 Å². The number of hydrogen-bond acceptors (Lipinski definition) is 11. The van der Waals surface area contributed by atoms with Crippen LogP contribution in [0.4, 0.5) is 5.13 Å². The normalized spacial score (nSPS) is 14.9. The van der Waals surface area contributed by atoms with Gasteiger partial charge >= 0.3 is 5.97 Å².